The topological polar surface area (TPSA) is 29.1 Å². The summed E-state index contributed by atoms with van der Waals surface area (Å²) in [6.45, 7) is 2.74. The lowest BCUT2D eigenvalue weighted by Crippen LogP contribution is -1.95. The summed E-state index contributed by atoms with van der Waals surface area (Å²) in [5, 5.41) is 10.2. The van der Waals surface area contributed by atoms with E-state index in [0.717, 1.165) is 30.8 Å². The van der Waals surface area contributed by atoms with Gasteiger partial charge in [-0.05, 0) is 24.1 Å². The Bertz CT molecular complexity index is 288. The van der Waals surface area contributed by atoms with Crippen LogP contribution >= 0.6 is 0 Å². The first-order valence-electron chi connectivity index (χ1n) is 5.34. The van der Waals surface area contributed by atoms with E-state index in [1.54, 1.807) is 6.08 Å². The SMILES string of the molecule is CCCCOc1ccc(C=CC[O])cc1. The van der Waals surface area contributed by atoms with Crippen molar-refractivity contribution >= 4 is 6.08 Å². The molecule has 0 spiro atoms. The molecule has 0 N–H and O–H groups in total. The molecule has 15 heavy (non-hydrogen) atoms. The van der Waals surface area contributed by atoms with E-state index in [4.69, 9.17) is 4.74 Å². The van der Waals surface area contributed by atoms with Crippen LogP contribution in [0.1, 0.15) is 25.3 Å². The Morgan fingerprint density at radius 2 is 2.00 bits per heavy atom. The van der Waals surface area contributed by atoms with Crippen LogP contribution < -0.4 is 4.74 Å². The van der Waals surface area contributed by atoms with Crippen LogP contribution in [0.15, 0.2) is 30.3 Å². The normalized spacial score (nSPS) is 10.8. The summed E-state index contributed by atoms with van der Waals surface area (Å²) in [7, 11) is 0. The lowest BCUT2D eigenvalue weighted by atomic mass is 10.2. The Morgan fingerprint density at radius 1 is 1.27 bits per heavy atom. The molecule has 0 atom stereocenters. The van der Waals surface area contributed by atoms with E-state index in [2.05, 4.69) is 6.92 Å². The van der Waals surface area contributed by atoms with E-state index in [-0.39, 0.29) is 6.61 Å². The van der Waals surface area contributed by atoms with Gasteiger partial charge in [-0.2, -0.15) is 0 Å². The molecular formula is C13H17O2. The first kappa shape index (κ1) is 11.8. The predicted octanol–water partition coefficient (Wildman–Crippen LogP) is 3.31. The quantitative estimate of drug-likeness (QED) is 0.655. The molecule has 0 heterocycles. The van der Waals surface area contributed by atoms with Crippen LogP contribution in [0.25, 0.3) is 6.08 Å². The first-order valence-corrected chi connectivity index (χ1v) is 5.34. The third kappa shape index (κ3) is 4.66. The third-order valence-electron chi connectivity index (χ3n) is 2.05. The molecule has 0 aliphatic rings. The zero-order valence-electron chi connectivity index (χ0n) is 9.11. The average molecular weight is 205 g/mol. The lowest BCUT2D eigenvalue weighted by Gasteiger charge is -2.04. The third-order valence-corrected chi connectivity index (χ3v) is 2.05. The molecule has 0 saturated carbocycles. The standard InChI is InChI=1S/C13H17O2/c1-2-3-11-15-13-8-6-12(7-9-13)5-4-10-14/h4-9H,2-3,10-11H2,1H3. The van der Waals surface area contributed by atoms with E-state index >= 15 is 0 Å². The van der Waals surface area contributed by atoms with Gasteiger partial charge in [-0.1, -0.05) is 37.6 Å². The number of unbranched alkanes of at least 4 members (excludes halogenated alkanes) is 1. The molecule has 1 aromatic rings. The lowest BCUT2D eigenvalue weighted by molar-refractivity contribution is 0.233. The van der Waals surface area contributed by atoms with E-state index in [9.17, 15) is 5.11 Å². The molecular weight excluding hydrogens is 188 g/mol. The van der Waals surface area contributed by atoms with Crippen LogP contribution in [-0.2, 0) is 5.11 Å². The van der Waals surface area contributed by atoms with Crippen LogP contribution in [0.5, 0.6) is 5.75 Å². The van der Waals surface area contributed by atoms with Crippen molar-refractivity contribution in [1.82, 2.24) is 0 Å². The smallest absolute Gasteiger partial charge is 0.119 e. The highest BCUT2D eigenvalue weighted by Gasteiger charge is 1.92. The van der Waals surface area contributed by atoms with Gasteiger partial charge in [-0.15, -0.1) is 0 Å². The second-order valence-corrected chi connectivity index (χ2v) is 3.34. The Balaban J connectivity index is 2.45. The molecule has 0 amide bonds. The monoisotopic (exact) mass is 205 g/mol. The summed E-state index contributed by atoms with van der Waals surface area (Å²) >= 11 is 0. The molecule has 0 unspecified atom stereocenters. The van der Waals surface area contributed by atoms with E-state index < -0.39 is 0 Å². The Morgan fingerprint density at radius 3 is 2.60 bits per heavy atom. The molecule has 0 fully saturated rings. The molecule has 1 aromatic carbocycles. The maximum Gasteiger partial charge on any atom is 0.119 e. The van der Waals surface area contributed by atoms with Crippen LogP contribution in [-0.4, -0.2) is 13.2 Å². The van der Waals surface area contributed by atoms with E-state index in [1.165, 1.54) is 0 Å². The van der Waals surface area contributed by atoms with Gasteiger partial charge in [0.15, 0.2) is 0 Å². The molecule has 1 radical (unpaired) electrons. The number of rotatable bonds is 6. The minimum Gasteiger partial charge on any atom is -0.494 e. The van der Waals surface area contributed by atoms with Crippen molar-refractivity contribution in [2.24, 2.45) is 0 Å². The van der Waals surface area contributed by atoms with Gasteiger partial charge in [0, 0.05) is 0 Å². The van der Waals surface area contributed by atoms with Crippen LogP contribution in [0.3, 0.4) is 0 Å². The fourth-order valence-corrected chi connectivity index (χ4v) is 1.19. The van der Waals surface area contributed by atoms with Crippen molar-refractivity contribution in [2.45, 2.75) is 19.8 Å². The fourth-order valence-electron chi connectivity index (χ4n) is 1.19. The summed E-state index contributed by atoms with van der Waals surface area (Å²) in [4.78, 5) is 0. The van der Waals surface area contributed by atoms with E-state index in [0.29, 0.717) is 0 Å². The van der Waals surface area contributed by atoms with Crippen molar-refractivity contribution in [3.63, 3.8) is 0 Å². The van der Waals surface area contributed by atoms with Crippen molar-refractivity contribution < 1.29 is 9.84 Å². The van der Waals surface area contributed by atoms with Crippen LogP contribution in [0.2, 0.25) is 0 Å². The van der Waals surface area contributed by atoms with Gasteiger partial charge in [0.05, 0.1) is 6.61 Å². The molecule has 0 aliphatic carbocycles. The second-order valence-electron chi connectivity index (χ2n) is 3.34. The van der Waals surface area contributed by atoms with Gasteiger partial charge in [0.1, 0.15) is 12.4 Å². The fraction of sp³-hybridized carbons (Fsp3) is 0.385. The number of hydrogen-bond donors (Lipinski definition) is 0. The molecule has 0 bridgehead atoms. The molecule has 2 heteroatoms. The number of benzene rings is 1. The van der Waals surface area contributed by atoms with Crippen LogP contribution in [0, 0.1) is 0 Å². The number of ether oxygens (including phenoxy) is 1. The van der Waals surface area contributed by atoms with Crippen molar-refractivity contribution in [1.29, 1.82) is 0 Å². The van der Waals surface area contributed by atoms with Crippen molar-refractivity contribution in [3.05, 3.63) is 35.9 Å². The Labute approximate surface area is 91.2 Å². The summed E-state index contributed by atoms with van der Waals surface area (Å²) in [5.41, 5.74) is 1.04. The van der Waals surface area contributed by atoms with Crippen LogP contribution in [0.4, 0.5) is 0 Å². The van der Waals surface area contributed by atoms with Crippen molar-refractivity contribution in [3.8, 4) is 5.75 Å². The van der Waals surface area contributed by atoms with E-state index in [1.807, 2.05) is 30.3 Å². The average Bonchev–Trinajstić information content (AvgIpc) is 2.28. The summed E-state index contributed by atoms with van der Waals surface area (Å²) < 4.78 is 5.52. The molecule has 0 aromatic heterocycles. The summed E-state index contributed by atoms with van der Waals surface area (Å²) in [6.07, 6.45) is 5.65. The summed E-state index contributed by atoms with van der Waals surface area (Å²) in [5.74, 6) is 0.891. The molecule has 81 valence electrons. The minimum absolute atomic E-state index is 0.172. The predicted molar refractivity (Wildman–Crippen MR) is 61.4 cm³/mol. The van der Waals surface area contributed by atoms with Gasteiger partial charge in [-0.25, -0.2) is 5.11 Å². The zero-order chi connectivity index (χ0) is 10.9. The van der Waals surface area contributed by atoms with Gasteiger partial charge in [0.25, 0.3) is 0 Å². The van der Waals surface area contributed by atoms with Gasteiger partial charge >= 0.3 is 0 Å². The maximum absolute atomic E-state index is 10.2. The maximum atomic E-state index is 10.2. The van der Waals surface area contributed by atoms with Gasteiger partial charge in [0.2, 0.25) is 0 Å². The zero-order valence-corrected chi connectivity index (χ0v) is 9.11. The summed E-state index contributed by atoms with van der Waals surface area (Å²) in [6, 6.07) is 7.77. The molecule has 2 nitrogen and oxygen atoms in total. The second kappa shape index (κ2) is 7.07. The van der Waals surface area contributed by atoms with Crippen molar-refractivity contribution in [2.75, 3.05) is 13.2 Å². The molecule has 0 saturated heterocycles. The Kier molecular flexibility index (Phi) is 5.56. The largest absolute Gasteiger partial charge is 0.494 e. The minimum atomic E-state index is -0.172. The van der Waals surface area contributed by atoms with Gasteiger partial charge < -0.3 is 4.74 Å². The number of hydrogen-bond acceptors (Lipinski definition) is 1. The highest BCUT2D eigenvalue weighted by Crippen LogP contribution is 2.13. The highest BCUT2D eigenvalue weighted by atomic mass is 16.5. The molecule has 1 rings (SSSR count). The Hall–Kier alpha value is -1.28. The van der Waals surface area contributed by atoms with Gasteiger partial charge in [-0.3, -0.25) is 0 Å². The highest BCUT2D eigenvalue weighted by molar-refractivity contribution is 5.50. The first-order chi connectivity index (χ1) is 7.36. The molecule has 0 aliphatic heterocycles.